The lowest BCUT2D eigenvalue weighted by Gasteiger charge is -2.28. The molecule has 0 aliphatic carbocycles. The molecule has 2 atom stereocenters. The third kappa shape index (κ3) is 3.80. The molecule has 2 unspecified atom stereocenters. The van der Waals surface area contributed by atoms with E-state index in [4.69, 9.17) is 5.73 Å². The van der Waals surface area contributed by atoms with Crippen molar-refractivity contribution in [1.82, 2.24) is 4.90 Å². The fourth-order valence-corrected chi connectivity index (χ4v) is 3.70. The van der Waals surface area contributed by atoms with E-state index >= 15 is 0 Å². The highest BCUT2D eigenvalue weighted by molar-refractivity contribution is 9.10. The van der Waals surface area contributed by atoms with E-state index in [0.717, 1.165) is 29.4 Å². The smallest absolute Gasteiger partial charge is 0.0318 e. The maximum Gasteiger partial charge on any atom is 0.0318 e. The van der Waals surface area contributed by atoms with E-state index in [2.05, 4.69) is 52.9 Å². The summed E-state index contributed by atoms with van der Waals surface area (Å²) in [5, 5.41) is 0. The molecule has 0 aromatic heterocycles. The van der Waals surface area contributed by atoms with E-state index in [9.17, 15) is 0 Å². The summed E-state index contributed by atoms with van der Waals surface area (Å²) in [6.45, 7) is 7.02. The standard InChI is InChI=1S/C16H25BrN2/c1-12(2)16-8-5-10-19(16)11-9-15(18)13-6-3-4-7-14(13)17/h3-4,6-7,12,15-16H,5,8-11,18H2,1-2H3. The number of hydrogen-bond donors (Lipinski definition) is 1. The second-order valence-corrected chi connectivity index (χ2v) is 6.76. The SMILES string of the molecule is CC(C)C1CCCN1CCC(N)c1ccccc1Br. The number of halogens is 1. The lowest BCUT2D eigenvalue weighted by molar-refractivity contribution is 0.200. The molecule has 2 rings (SSSR count). The van der Waals surface area contributed by atoms with Crippen LogP contribution in [0.25, 0.3) is 0 Å². The molecule has 0 amide bonds. The lowest BCUT2D eigenvalue weighted by atomic mass is 10.0. The van der Waals surface area contributed by atoms with Gasteiger partial charge in [0.05, 0.1) is 0 Å². The quantitative estimate of drug-likeness (QED) is 0.888. The van der Waals surface area contributed by atoms with Gasteiger partial charge in [0.25, 0.3) is 0 Å². The van der Waals surface area contributed by atoms with Crippen LogP contribution < -0.4 is 5.73 Å². The van der Waals surface area contributed by atoms with Crippen molar-refractivity contribution in [2.24, 2.45) is 11.7 Å². The molecule has 1 aliphatic rings. The van der Waals surface area contributed by atoms with Gasteiger partial charge in [0.15, 0.2) is 0 Å². The van der Waals surface area contributed by atoms with Crippen LogP contribution in [0.15, 0.2) is 28.7 Å². The van der Waals surface area contributed by atoms with E-state index in [1.54, 1.807) is 0 Å². The van der Waals surface area contributed by atoms with Gasteiger partial charge in [-0.15, -0.1) is 0 Å². The van der Waals surface area contributed by atoms with Gasteiger partial charge in [-0.25, -0.2) is 0 Å². The molecule has 1 fully saturated rings. The highest BCUT2D eigenvalue weighted by Crippen LogP contribution is 2.27. The first-order valence-corrected chi connectivity index (χ1v) is 8.13. The second-order valence-electron chi connectivity index (χ2n) is 5.91. The van der Waals surface area contributed by atoms with Gasteiger partial charge in [-0.05, 0) is 43.4 Å². The van der Waals surface area contributed by atoms with Crippen LogP contribution in [-0.2, 0) is 0 Å². The molecule has 0 spiro atoms. The van der Waals surface area contributed by atoms with E-state index < -0.39 is 0 Å². The van der Waals surface area contributed by atoms with Crippen molar-refractivity contribution in [2.45, 2.75) is 45.2 Å². The Bertz CT molecular complexity index is 405. The minimum Gasteiger partial charge on any atom is -0.324 e. The molecule has 106 valence electrons. The molecule has 0 saturated carbocycles. The minimum atomic E-state index is 0.129. The minimum absolute atomic E-state index is 0.129. The average Bonchev–Trinajstić information content (AvgIpc) is 2.85. The van der Waals surface area contributed by atoms with Crippen LogP contribution in [0.5, 0.6) is 0 Å². The molecule has 1 aliphatic heterocycles. The maximum atomic E-state index is 6.34. The number of nitrogens with two attached hydrogens (primary N) is 1. The first-order chi connectivity index (χ1) is 9.09. The molecule has 1 aromatic rings. The van der Waals surface area contributed by atoms with Crippen molar-refractivity contribution in [3.8, 4) is 0 Å². The van der Waals surface area contributed by atoms with Crippen LogP contribution in [0, 0.1) is 5.92 Å². The molecule has 1 heterocycles. The van der Waals surface area contributed by atoms with Gasteiger partial charge in [0.1, 0.15) is 0 Å². The van der Waals surface area contributed by atoms with E-state index in [0.29, 0.717) is 0 Å². The lowest BCUT2D eigenvalue weighted by Crippen LogP contribution is -2.35. The van der Waals surface area contributed by atoms with E-state index in [1.807, 2.05) is 6.07 Å². The number of nitrogens with zero attached hydrogens (tertiary/aromatic N) is 1. The van der Waals surface area contributed by atoms with Gasteiger partial charge in [-0.3, -0.25) is 0 Å². The Kier molecular flexibility index (Phi) is 5.43. The van der Waals surface area contributed by atoms with Gasteiger partial charge in [-0.1, -0.05) is 48.0 Å². The summed E-state index contributed by atoms with van der Waals surface area (Å²) in [5.41, 5.74) is 7.56. The van der Waals surface area contributed by atoms with Gasteiger partial charge in [0.2, 0.25) is 0 Å². The molecule has 3 heteroatoms. The van der Waals surface area contributed by atoms with Crippen molar-refractivity contribution in [2.75, 3.05) is 13.1 Å². The summed E-state index contributed by atoms with van der Waals surface area (Å²) in [6.07, 6.45) is 3.72. The Labute approximate surface area is 125 Å². The zero-order chi connectivity index (χ0) is 13.8. The number of benzene rings is 1. The molecule has 1 aromatic carbocycles. The third-order valence-electron chi connectivity index (χ3n) is 4.22. The molecule has 2 N–H and O–H groups in total. The fourth-order valence-electron chi connectivity index (χ4n) is 3.12. The zero-order valence-electron chi connectivity index (χ0n) is 12.0. The van der Waals surface area contributed by atoms with Crippen molar-refractivity contribution in [3.05, 3.63) is 34.3 Å². The van der Waals surface area contributed by atoms with Crippen LogP contribution in [0.1, 0.15) is 44.7 Å². The number of hydrogen-bond acceptors (Lipinski definition) is 2. The molecule has 0 bridgehead atoms. The van der Waals surface area contributed by atoms with E-state index in [1.165, 1.54) is 24.9 Å². The fraction of sp³-hybridized carbons (Fsp3) is 0.625. The molecular weight excluding hydrogens is 300 g/mol. The summed E-state index contributed by atoms with van der Waals surface area (Å²) >= 11 is 3.59. The average molecular weight is 325 g/mol. The van der Waals surface area contributed by atoms with Gasteiger partial charge in [-0.2, -0.15) is 0 Å². The summed E-state index contributed by atoms with van der Waals surface area (Å²) < 4.78 is 1.13. The van der Waals surface area contributed by atoms with Gasteiger partial charge < -0.3 is 10.6 Å². The van der Waals surface area contributed by atoms with Crippen molar-refractivity contribution >= 4 is 15.9 Å². The topological polar surface area (TPSA) is 29.3 Å². The highest BCUT2D eigenvalue weighted by atomic mass is 79.9. The van der Waals surface area contributed by atoms with Gasteiger partial charge >= 0.3 is 0 Å². The first kappa shape index (κ1) is 15.0. The third-order valence-corrected chi connectivity index (χ3v) is 4.94. The summed E-state index contributed by atoms with van der Waals surface area (Å²) in [7, 11) is 0. The van der Waals surface area contributed by atoms with Crippen molar-refractivity contribution in [1.29, 1.82) is 0 Å². The summed E-state index contributed by atoms with van der Waals surface area (Å²) in [6, 6.07) is 9.18. The highest BCUT2D eigenvalue weighted by Gasteiger charge is 2.27. The Balaban J connectivity index is 1.90. The predicted molar refractivity (Wildman–Crippen MR) is 85.1 cm³/mol. The van der Waals surface area contributed by atoms with Crippen LogP contribution in [0.4, 0.5) is 0 Å². The Hall–Kier alpha value is -0.380. The van der Waals surface area contributed by atoms with Crippen LogP contribution in [0.3, 0.4) is 0 Å². The van der Waals surface area contributed by atoms with Crippen LogP contribution >= 0.6 is 15.9 Å². The largest absolute Gasteiger partial charge is 0.324 e. The monoisotopic (exact) mass is 324 g/mol. The second kappa shape index (κ2) is 6.87. The maximum absolute atomic E-state index is 6.34. The Morgan fingerprint density at radius 3 is 2.79 bits per heavy atom. The molecule has 0 radical (unpaired) electrons. The number of rotatable bonds is 5. The van der Waals surface area contributed by atoms with Crippen molar-refractivity contribution < 1.29 is 0 Å². The van der Waals surface area contributed by atoms with E-state index in [-0.39, 0.29) is 6.04 Å². The van der Waals surface area contributed by atoms with Crippen LogP contribution in [0.2, 0.25) is 0 Å². The molecular formula is C16H25BrN2. The summed E-state index contributed by atoms with van der Waals surface area (Å²) in [5.74, 6) is 0.752. The summed E-state index contributed by atoms with van der Waals surface area (Å²) in [4.78, 5) is 2.63. The molecule has 2 nitrogen and oxygen atoms in total. The van der Waals surface area contributed by atoms with Gasteiger partial charge in [0, 0.05) is 23.1 Å². The normalized spacial score (nSPS) is 22.1. The number of likely N-dealkylation sites (tertiary alicyclic amines) is 1. The predicted octanol–water partition coefficient (Wildman–Crippen LogP) is 3.96. The Morgan fingerprint density at radius 2 is 2.11 bits per heavy atom. The van der Waals surface area contributed by atoms with Crippen molar-refractivity contribution in [3.63, 3.8) is 0 Å². The Morgan fingerprint density at radius 1 is 1.37 bits per heavy atom. The molecule has 19 heavy (non-hydrogen) atoms. The van der Waals surface area contributed by atoms with Crippen LogP contribution in [-0.4, -0.2) is 24.0 Å². The first-order valence-electron chi connectivity index (χ1n) is 7.33. The zero-order valence-corrected chi connectivity index (χ0v) is 13.6. The molecule has 1 saturated heterocycles.